The van der Waals surface area contributed by atoms with Gasteiger partial charge in [-0.1, -0.05) is 74.5 Å². The number of rotatable bonds is 3. The van der Waals surface area contributed by atoms with Gasteiger partial charge in [-0.25, -0.2) is 9.97 Å². The van der Waals surface area contributed by atoms with E-state index >= 15 is 0 Å². The molecular formula is C21H21ClN2. The number of allylic oxidation sites excluding steroid dienone is 3. The molecule has 0 saturated carbocycles. The molecule has 0 atom stereocenters. The fourth-order valence-electron chi connectivity index (χ4n) is 2.39. The quantitative estimate of drug-likeness (QED) is 0.506. The van der Waals surface area contributed by atoms with E-state index < -0.39 is 0 Å². The molecule has 3 heteroatoms. The molecular weight excluding hydrogens is 316 g/mol. The van der Waals surface area contributed by atoms with Crippen LogP contribution in [0.1, 0.15) is 26.5 Å². The summed E-state index contributed by atoms with van der Waals surface area (Å²) in [7, 11) is 0. The lowest BCUT2D eigenvalue weighted by atomic mass is 10.1. The minimum absolute atomic E-state index is 0.671. The fraction of sp³-hybridized carbons (Fsp3) is 0.143. The Labute approximate surface area is 148 Å². The number of aromatic nitrogens is 2. The van der Waals surface area contributed by atoms with Crippen LogP contribution in [0.15, 0.2) is 67.3 Å². The lowest BCUT2D eigenvalue weighted by Gasteiger charge is -2.10. The third-order valence-corrected chi connectivity index (χ3v) is 3.73. The highest BCUT2D eigenvalue weighted by atomic mass is 35.5. The molecule has 0 amide bonds. The average molecular weight is 337 g/mol. The van der Waals surface area contributed by atoms with E-state index in [1.54, 1.807) is 6.08 Å². The zero-order valence-electron chi connectivity index (χ0n) is 14.3. The standard InChI is InChI=1S/C19H15ClN2.C2H6/c1-3-13(4-2)18-16-12-15(20)10-11-17(16)21-19(22-18)14-8-6-5-7-9-14;1-2/h3-12H,1H2,2H3;1-2H3/b13-4+;. The summed E-state index contributed by atoms with van der Waals surface area (Å²) in [6.45, 7) is 9.85. The van der Waals surface area contributed by atoms with Crippen molar-refractivity contribution in [3.63, 3.8) is 0 Å². The van der Waals surface area contributed by atoms with Crippen LogP contribution in [-0.4, -0.2) is 9.97 Å². The van der Waals surface area contributed by atoms with Crippen molar-refractivity contribution in [2.24, 2.45) is 0 Å². The predicted molar refractivity (Wildman–Crippen MR) is 105 cm³/mol. The lowest BCUT2D eigenvalue weighted by molar-refractivity contribution is 1.20. The van der Waals surface area contributed by atoms with E-state index in [0.29, 0.717) is 10.8 Å². The third-order valence-electron chi connectivity index (χ3n) is 3.49. The Balaban J connectivity index is 0.00000100. The van der Waals surface area contributed by atoms with Crippen molar-refractivity contribution in [2.45, 2.75) is 20.8 Å². The van der Waals surface area contributed by atoms with Gasteiger partial charge in [0.25, 0.3) is 0 Å². The molecule has 0 unspecified atom stereocenters. The van der Waals surface area contributed by atoms with E-state index in [4.69, 9.17) is 16.6 Å². The Morgan fingerprint density at radius 3 is 2.38 bits per heavy atom. The molecule has 3 rings (SSSR count). The van der Waals surface area contributed by atoms with Crippen molar-refractivity contribution in [2.75, 3.05) is 0 Å². The van der Waals surface area contributed by atoms with Crippen LogP contribution in [-0.2, 0) is 0 Å². The number of nitrogens with zero attached hydrogens (tertiary/aromatic N) is 2. The van der Waals surface area contributed by atoms with E-state index in [1.807, 2.05) is 75.4 Å². The van der Waals surface area contributed by atoms with Crippen molar-refractivity contribution in [3.8, 4) is 11.4 Å². The summed E-state index contributed by atoms with van der Waals surface area (Å²) in [6, 6.07) is 15.6. The molecule has 0 N–H and O–H groups in total. The van der Waals surface area contributed by atoms with E-state index in [9.17, 15) is 0 Å². The molecule has 0 aliphatic rings. The Kier molecular flexibility index (Phi) is 6.28. The van der Waals surface area contributed by atoms with Crippen LogP contribution in [0.5, 0.6) is 0 Å². The van der Waals surface area contributed by atoms with Gasteiger partial charge in [-0.05, 0) is 30.7 Å². The van der Waals surface area contributed by atoms with Gasteiger partial charge in [0.2, 0.25) is 0 Å². The van der Waals surface area contributed by atoms with Gasteiger partial charge in [0, 0.05) is 16.0 Å². The van der Waals surface area contributed by atoms with Gasteiger partial charge in [-0.2, -0.15) is 0 Å². The number of halogens is 1. The topological polar surface area (TPSA) is 25.8 Å². The first-order chi connectivity index (χ1) is 11.7. The maximum Gasteiger partial charge on any atom is 0.160 e. The van der Waals surface area contributed by atoms with E-state index in [1.165, 1.54) is 0 Å². The molecule has 122 valence electrons. The van der Waals surface area contributed by atoms with Gasteiger partial charge >= 0.3 is 0 Å². The van der Waals surface area contributed by atoms with Gasteiger partial charge in [0.15, 0.2) is 5.82 Å². The van der Waals surface area contributed by atoms with Crippen molar-refractivity contribution in [1.82, 2.24) is 9.97 Å². The molecule has 0 aliphatic carbocycles. The van der Waals surface area contributed by atoms with Gasteiger partial charge in [0.1, 0.15) is 0 Å². The molecule has 0 radical (unpaired) electrons. The minimum atomic E-state index is 0.671. The highest BCUT2D eigenvalue weighted by Crippen LogP contribution is 2.28. The molecule has 2 nitrogen and oxygen atoms in total. The fourth-order valence-corrected chi connectivity index (χ4v) is 2.56. The first-order valence-corrected chi connectivity index (χ1v) is 8.42. The third kappa shape index (κ3) is 3.72. The van der Waals surface area contributed by atoms with Gasteiger partial charge in [0.05, 0.1) is 11.2 Å². The molecule has 0 aliphatic heterocycles. The highest BCUT2D eigenvalue weighted by Gasteiger charge is 2.11. The summed E-state index contributed by atoms with van der Waals surface area (Å²) < 4.78 is 0. The largest absolute Gasteiger partial charge is 0.228 e. The van der Waals surface area contributed by atoms with Crippen LogP contribution < -0.4 is 0 Å². The van der Waals surface area contributed by atoms with Crippen LogP contribution in [0.2, 0.25) is 5.02 Å². The van der Waals surface area contributed by atoms with Crippen LogP contribution >= 0.6 is 11.6 Å². The van der Waals surface area contributed by atoms with E-state index in [0.717, 1.165) is 27.7 Å². The number of hydrogen-bond donors (Lipinski definition) is 0. The first kappa shape index (κ1) is 17.9. The highest BCUT2D eigenvalue weighted by molar-refractivity contribution is 6.31. The molecule has 0 spiro atoms. The van der Waals surface area contributed by atoms with Crippen LogP contribution in [0.4, 0.5) is 0 Å². The maximum atomic E-state index is 6.14. The van der Waals surface area contributed by atoms with E-state index in [2.05, 4.69) is 11.6 Å². The summed E-state index contributed by atoms with van der Waals surface area (Å²) >= 11 is 6.14. The second kappa shape index (κ2) is 8.42. The molecule has 24 heavy (non-hydrogen) atoms. The van der Waals surface area contributed by atoms with E-state index in [-0.39, 0.29) is 0 Å². The second-order valence-electron chi connectivity index (χ2n) is 4.87. The molecule has 1 aromatic heterocycles. The zero-order chi connectivity index (χ0) is 17.5. The van der Waals surface area contributed by atoms with Gasteiger partial charge in [-0.15, -0.1) is 0 Å². The number of fused-ring (bicyclic) bond motifs is 1. The van der Waals surface area contributed by atoms with Crippen LogP contribution in [0, 0.1) is 0 Å². The normalized spacial score (nSPS) is 10.9. The summed E-state index contributed by atoms with van der Waals surface area (Å²) in [4.78, 5) is 9.41. The van der Waals surface area contributed by atoms with Crippen molar-refractivity contribution in [1.29, 1.82) is 0 Å². The van der Waals surface area contributed by atoms with Gasteiger partial charge in [-0.3, -0.25) is 0 Å². The predicted octanol–water partition coefficient (Wildman–Crippen LogP) is 6.57. The average Bonchev–Trinajstić information content (AvgIpc) is 2.65. The Morgan fingerprint density at radius 1 is 1.04 bits per heavy atom. The molecule has 3 aromatic rings. The molecule has 0 saturated heterocycles. The SMILES string of the molecule is C=C/C(=C\C)c1nc(-c2ccccc2)nc2ccc(Cl)cc12.CC. The number of benzene rings is 2. The van der Waals surface area contributed by atoms with Crippen LogP contribution in [0.3, 0.4) is 0 Å². The Hall–Kier alpha value is -2.45. The molecule has 1 heterocycles. The van der Waals surface area contributed by atoms with Crippen molar-refractivity contribution in [3.05, 3.63) is 78.0 Å². The molecule has 2 aromatic carbocycles. The Bertz CT molecular complexity index is 868. The molecule has 0 fully saturated rings. The monoisotopic (exact) mass is 336 g/mol. The second-order valence-corrected chi connectivity index (χ2v) is 5.31. The summed E-state index contributed by atoms with van der Waals surface area (Å²) in [5.74, 6) is 0.701. The summed E-state index contributed by atoms with van der Waals surface area (Å²) in [5.41, 5.74) is 3.67. The Morgan fingerprint density at radius 2 is 1.75 bits per heavy atom. The zero-order valence-corrected chi connectivity index (χ0v) is 15.0. The molecule has 0 bridgehead atoms. The van der Waals surface area contributed by atoms with Crippen LogP contribution in [0.25, 0.3) is 27.9 Å². The minimum Gasteiger partial charge on any atom is -0.228 e. The maximum absolute atomic E-state index is 6.14. The smallest absolute Gasteiger partial charge is 0.160 e. The lowest BCUT2D eigenvalue weighted by Crippen LogP contribution is -1.97. The number of hydrogen-bond acceptors (Lipinski definition) is 2. The first-order valence-electron chi connectivity index (χ1n) is 8.05. The van der Waals surface area contributed by atoms with Crippen molar-refractivity contribution < 1.29 is 0 Å². The summed E-state index contributed by atoms with van der Waals surface area (Å²) in [6.07, 6.45) is 3.79. The summed E-state index contributed by atoms with van der Waals surface area (Å²) in [5, 5.41) is 1.60. The van der Waals surface area contributed by atoms with Gasteiger partial charge < -0.3 is 0 Å². The van der Waals surface area contributed by atoms with Crippen molar-refractivity contribution >= 4 is 28.1 Å².